The van der Waals surface area contributed by atoms with Crippen molar-refractivity contribution in [3.63, 3.8) is 0 Å². The van der Waals surface area contributed by atoms with Crippen LogP contribution in [0.25, 0.3) is 0 Å². The predicted molar refractivity (Wildman–Crippen MR) is 49.1 cm³/mol. The summed E-state index contributed by atoms with van der Waals surface area (Å²) >= 11 is 0. The zero-order valence-electron chi connectivity index (χ0n) is 7.87. The number of halogens is 1. The van der Waals surface area contributed by atoms with Crippen LogP contribution in [0, 0.1) is 18.3 Å². The standard InChI is InChI=1S/C11H12FNO/c1-2-8-5-7-6-9(7)13(8)10(14)11(12)3-4-11/h1,7-9H,3-6H2/t7-,8-,9+/m0/s1. The fourth-order valence-corrected chi connectivity index (χ4v) is 2.45. The van der Waals surface area contributed by atoms with Crippen LogP contribution in [0.1, 0.15) is 25.7 Å². The number of amides is 1. The number of carbonyl (C=O) groups excluding carboxylic acids is 1. The molecule has 0 N–H and O–H groups in total. The van der Waals surface area contributed by atoms with Gasteiger partial charge in [-0.2, -0.15) is 0 Å². The molecule has 74 valence electrons. The van der Waals surface area contributed by atoms with Crippen LogP contribution in [0.5, 0.6) is 0 Å². The fourth-order valence-electron chi connectivity index (χ4n) is 2.45. The smallest absolute Gasteiger partial charge is 0.261 e. The van der Waals surface area contributed by atoms with Gasteiger partial charge in [0.15, 0.2) is 5.67 Å². The lowest BCUT2D eigenvalue weighted by atomic mass is 10.1. The lowest BCUT2D eigenvalue weighted by Gasteiger charge is -2.25. The first-order valence-electron chi connectivity index (χ1n) is 5.13. The molecule has 0 unspecified atom stereocenters. The fraction of sp³-hybridized carbons (Fsp3) is 0.727. The zero-order valence-corrected chi connectivity index (χ0v) is 7.87. The molecule has 3 atom stereocenters. The summed E-state index contributed by atoms with van der Waals surface area (Å²) in [6, 6.07) is 0.122. The number of likely N-dealkylation sites (tertiary alicyclic amines) is 1. The highest BCUT2D eigenvalue weighted by atomic mass is 19.1. The summed E-state index contributed by atoms with van der Waals surface area (Å²) in [6.45, 7) is 0. The highest BCUT2D eigenvalue weighted by Crippen LogP contribution is 2.51. The van der Waals surface area contributed by atoms with Crippen molar-refractivity contribution in [2.24, 2.45) is 5.92 Å². The second-order valence-corrected chi connectivity index (χ2v) is 4.66. The van der Waals surface area contributed by atoms with Crippen molar-refractivity contribution in [2.75, 3.05) is 0 Å². The Balaban J connectivity index is 1.83. The Bertz CT molecular complexity index is 342. The average molecular weight is 193 g/mol. The average Bonchev–Trinajstić information content (AvgIpc) is 3.07. The van der Waals surface area contributed by atoms with E-state index in [0.29, 0.717) is 18.8 Å². The van der Waals surface area contributed by atoms with Gasteiger partial charge in [-0.25, -0.2) is 4.39 Å². The second-order valence-electron chi connectivity index (χ2n) is 4.66. The van der Waals surface area contributed by atoms with Gasteiger partial charge in [0, 0.05) is 6.04 Å². The molecule has 1 amide bonds. The number of fused-ring (bicyclic) bond motifs is 1. The van der Waals surface area contributed by atoms with Gasteiger partial charge in [-0.15, -0.1) is 6.42 Å². The van der Waals surface area contributed by atoms with Gasteiger partial charge in [0.25, 0.3) is 5.91 Å². The number of terminal acetylenes is 1. The van der Waals surface area contributed by atoms with E-state index >= 15 is 0 Å². The molecule has 0 aromatic rings. The quantitative estimate of drug-likeness (QED) is 0.571. The maximum atomic E-state index is 13.6. The molecular formula is C11H12FNO. The molecule has 3 fully saturated rings. The van der Waals surface area contributed by atoms with Gasteiger partial charge in [0.2, 0.25) is 0 Å². The van der Waals surface area contributed by atoms with E-state index in [1.54, 1.807) is 4.90 Å². The lowest BCUT2D eigenvalue weighted by Crippen LogP contribution is -2.43. The predicted octanol–water partition coefficient (Wildman–Crippen LogP) is 1.11. The molecule has 0 aromatic heterocycles. The molecule has 2 saturated carbocycles. The Morgan fingerprint density at radius 1 is 1.50 bits per heavy atom. The minimum Gasteiger partial charge on any atom is -0.323 e. The van der Waals surface area contributed by atoms with Gasteiger partial charge >= 0.3 is 0 Å². The molecule has 0 spiro atoms. The Hall–Kier alpha value is -1.04. The molecule has 1 heterocycles. The van der Waals surface area contributed by atoms with Gasteiger partial charge in [-0.1, -0.05) is 5.92 Å². The number of alkyl halides is 1. The van der Waals surface area contributed by atoms with Crippen LogP contribution in [0.4, 0.5) is 4.39 Å². The molecule has 14 heavy (non-hydrogen) atoms. The van der Waals surface area contributed by atoms with Gasteiger partial charge in [-0.3, -0.25) is 4.79 Å². The van der Waals surface area contributed by atoms with Crippen molar-refractivity contribution < 1.29 is 9.18 Å². The SMILES string of the molecule is C#C[C@H]1C[C@H]2C[C@H]2N1C(=O)C1(F)CC1. The van der Waals surface area contributed by atoms with E-state index in [9.17, 15) is 9.18 Å². The molecule has 0 radical (unpaired) electrons. The highest BCUT2D eigenvalue weighted by Gasteiger charge is 2.61. The van der Waals surface area contributed by atoms with Crippen LogP contribution in [-0.4, -0.2) is 28.6 Å². The largest absolute Gasteiger partial charge is 0.323 e. The highest BCUT2D eigenvalue weighted by molar-refractivity contribution is 5.89. The number of hydrogen-bond donors (Lipinski definition) is 0. The molecule has 3 rings (SSSR count). The van der Waals surface area contributed by atoms with Crippen molar-refractivity contribution in [1.29, 1.82) is 0 Å². The van der Waals surface area contributed by atoms with Crippen LogP contribution in [0.15, 0.2) is 0 Å². The normalized spacial score (nSPS) is 41.4. The number of nitrogens with zero attached hydrogens (tertiary/aromatic N) is 1. The van der Waals surface area contributed by atoms with E-state index in [-0.39, 0.29) is 18.0 Å². The molecular weight excluding hydrogens is 181 g/mol. The number of rotatable bonds is 1. The van der Waals surface area contributed by atoms with Crippen LogP contribution in [-0.2, 0) is 4.79 Å². The maximum absolute atomic E-state index is 13.6. The van der Waals surface area contributed by atoms with E-state index < -0.39 is 5.67 Å². The first-order valence-corrected chi connectivity index (χ1v) is 5.13. The summed E-state index contributed by atoms with van der Waals surface area (Å²) in [7, 11) is 0. The third kappa shape index (κ3) is 0.943. The molecule has 1 saturated heterocycles. The van der Waals surface area contributed by atoms with Crippen LogP contribution in [0.3, 0.4) is 0 Å². The Morgan fingerprint density at radius 3 is 2.79 bits per heavy atom. The first kappa shape index (κ1) is 8.28. The summed E-state index contributed by atoms with van der Waals surface area (Å²) in [4.78, 5) is 13.4. The number of piperidine rings is 1. The van der Waals surface area contributed by atoms with Gasteiger partial charge in [0.05, 0.1) is 6.04 Å². The zero-order chi connectivity index (χ0) is 9.92. The Morgan fingerprint density at radius 2 is 2.21 bits per heavy atom. The Labute approximate surface area is 82.5 Å². The van der Waals surface area contributed by atoms with Crippen LogP contribution >= 0.6 is 0 Å². The van der Waals surface area contributed by atoms with Crippen LogP contribution in [0.2, 0.25) is 0 Å². The van der Waals surface area contributed by atoms with Crippen LogP contribution < -0.4 is 0 Å². The lowest BCUT2D eigenvalue weighted by molar-refractivity contribution is -0.139. The minimum absolute atomic E-state index is 0.139. The van der Waals surface area contributed by atoms with E-state index in [4.69, 9.17) is 6.42 Å². The second kappa shape index (κ2) is 2.31. The van der Waals surface area contributed by atoms with Gasteiger partial charge in [-0.05, 0) is 31.6 Å². The third-order valence-electron chi connectivity index (χ3n) is 3.60. The molecule has 2 nitrogen and oxygen atoms in total. The maximum Gasteiger partial charge on any atom is 0.261 e. The summed E-state index contributed by atoms with van der Waals surface area (Å²) in [5.41, 5.74) is -1.55. The van der Waals surface area contributed by atoms with E-state index in [1.165, 1.54) is 0 Å². The van der Waals surface area contributed by atoms with Crippen molar-refractivity contribution in [2.45, 2.75) is 43.4 Å². The van der Waals surface area contributed by atoms with E-state index in [0.717, 1.165) is 12.8 Å². The van der Waals surface area contributed by atoms with Crippen molar-refractivity contribution in [1.82, 2.24) is 4.90 Å². The molecule has 0 bridgehead atoms. The molecule has 3 heteroatoms. The van der Waals surface area contributed by atoms with E-state index in [1.807, 2.05) is 0 Å². The first-order chi connectivity index (χ1) is 6.65. The number of hydrogen-bond acceptors (Lipinski definition) is 1. The topological polar surface area (TPSA) is 20.3 Å². The van der Waals surface area contributed by atoms with Gasteiger partial charge < -0.3 is 4.90 Å². The van der Waals surface area contributed by atoms with E-state index in [2.05, 4.69) is 5.92 Å². The molecule has 2 aliphatic carbocycles. The minimum atomic E-state index is -1.55. The van der Waals surface area contributed by atoms with Crippen molar-refractivity contribution in [3.8, 4) is 12.3 Å². The monoisotopic (exact) mass is 193 g/mol. The summed E-state index contributed by atoms with van der Waals surface area (Å²) in [5, 5.41) is 0. The molecule has 0 aromatic carbocycles. The molecule has 1 aliphatic heterocycles. The summed E-state index contributed by atoms with van der Waals surface area (Å²) in [5.74, 6) is 2.81. The van der Waals surface area contributed by atoms with Crippen molar-refractivity contribution in [3.05, 3.63) is 0 Å². The number of carbonyl (C=O) groups is 1. The Kier molecular flexibility index (Phi) is 1.36. The molecule has 3 aliphatic rings. The van der Waals surface area contributed by atoms with Gasteiger partial charge in [0.1, 0.15) is 0 Å². The summed E-state index contributed by atoms with van der Waals surface area (Å²) in [6.07, 6.45) is 8.02. The third-order valence-corrected chi connectivity index (χ3v) is 3.60. The summed E-state index contributed by atoms with van der Waals surface area (Å²) < 4.78 is 13.6. The van der Waals surface area contributed by atoms with Crippen molar-refractivity contribution >= 4 is 5.91 Å².